The van der Waals surface area contributed by atoms with Gasteiger partial charge in [-0.1, -0.05) is 41.7 Å². The van der Waals surface area contributed by atoms with E-state index in [-0.39, 0.29) is 5.92 Å². The van der Waals surface area contributed by atoms with Gasteiger partial charge in [0.05, 0.1) is 10.2 Å². The number of rotatable bonds is 4. The molecule has 1 atom stereocenters. The highest BCUT2D eigenvalue weighted by Crippen LogP contribution is 2.40. The summed E-state index contributed by atoms with van der Waals surface area (Å²) in [5.74, 6) is 1.47. The fraction of sp³-hybridized carbons (Fsp3) is 0.294. The molecule has 1 unspecified atom stereocenters. The molecule has 25 heavy (non-hydrogen) atoms. The summed E-state index contributed by atoms with van der Waals surface area (Å²) in [6, 6.07) is 1.94. The number of halogens is 4. The summed E-state index contributed by atoms with van der Waals surface area (Å²) in [6.45, 7) is 6.55. The molecule has 0 saturated heterocycles. The molecule has 8 heteroatoms. The lowest BCUT2D eigenvalue weighted by atomic mass is 9.97. The van der Waals surface area contributed by atoms with Gasteiger partial charge in [0.25, 0.3) is 0 Å². The summed E-state index contributed by atoms with van der Waals surface area (Å²) in [6.07, 6.45) is 3.42. The van der Waals surface area contributed by atoms with Crippen molar-refractivity contribution in [3.63, 3.8) is 0 Å². The van der Waals surface area contributed by atoms with Gasteiger partial charge in [-0.05, 0) is 48.1 Å². The molecule has 0 fully saturated rings. The van der Waals surface area contributed by atoms with E-state index in [0.717, 1.165) is 26.3 Å². The van der Waals surface area contributed by atoms with Crippen LogP contribution in [-0.4, -0.2) is 21.0 Å². The Morgan fingerprint density at radius 2 is 2.00 bits per heavy atom. The highest BCUT2D eigenvalue weighted by Gasteiger charge is 2.24. The van der Waals surface area contributed by atoms with E-state index in [1.54, 1.807) is 12.4 Å². The lowest BCUT2D eigenvalue weighted by Gasteiger charge is -2.19. The minimum absolute atomic E-state index is 0.105. The van der Waals surface area contributed by atoms with Crippen molar-refractivity contribution in [3.8, 4) is 5.75 Å². The van der Waals surface area contributed by atoms with Gasteiger partial charge in [-0.25, -0.2) is 9.97 Å². The number of fused-ring (bicyclic) bond motifs is 1. The summed E-state index contributed by atoms with van der Waals surface area (Å²) in [5.41, 5.74) is 2.55. The van der Waals surface area contributed by atoms with Gasteiger partial charge in [0.2, 0.25) is 0 Å². The lowest BCUT2D eigenvalue weighted by molar-refractivity contribution is 0.332. The Kier molecular flexibility index (Phi) is 5.68. The number of hydrogen-bond acceptors (Lipinski definition) is 3. The maximum Gasteiger partial charge on any atom is 0.158 e. The molecule has 0 amide bonds. The molecule has 3 rings (SSSR count). The SMILES string of the molecule is CCOc1c(C(C)c2nc(Cl)c3c(Cl)nccn23)cc(Cl)c(C)c1I. The van der Waals surface area contributed by atoms with Gasteiger partial charge >= 0.3 is 0 Å². The zero-order valence-electron chi connectivity index (χ0n) is 13.8. The molecule has 0 aliphatic heterocycles. The molecular weight excluding hydrogens is 495 g/mol. The highest BCUT2D eigenvalue weighted by atomic mass is 127. The molecule has 0 aliphatic carbocycles. The third-order valence-corrected chi connectivity index (χ3v) is 6.30. The fourth-order valence-electron chi connectivity index (χ4n) is 2.75. The van der Waals surface area contributed by atoms with Gasteiger partial charge in [-0.3, -0.25) is 4.40 Å². The number of hydrogen-bond donors (Lipinski definition) is 0. The topological polar surface area (TPSA) is 39.4 Å². The van der Waals surface area contributed by atoms with E-state index in [4.69, 9.17) is 39.5 Å². The average molecular weight is 511 g/mol. The van der Waals surface area contributed by atoms with Gasteiger partial charge in [0.15, 0.2) is 10.3 Å². The van der Waals surface area contributed by atoms with E-state index in [0.29, 0.717) is 27.5 Å². The van der Waals surface area contributed by atoms with Crippen LogP contribution in [0.2, 0.25) is 15.3 Å². The van der Waals surface area contributed by atoms with Gasteiger partial charge in [-0.2, -0.15) is 0 Å². The quantitative estimate of drug-likeness (QED) is 0.395. The minimum Gasteiger partial charge on any atom is -0.492 e. The van der Waals surface area contributed by atoms with Crippen LogP contribution in [0.4, 0.5) is 0 Å². The predicted octanol–water partition coefficient (Wildman–Crippen LogP) is 6.15. The van der Waals surface area contributed by atoms with Crippen molar-refractivity contribution in [2.45, 2.75) is 26.7 Å². The van der Waals surface area contributed by atoms with E-state index in [9.17, 15) is 0 Å². The maximum atomic E-state index is 6.43. The first kappa shape index (κ1) is 19.0. The first-order valence-electron chi connectivity index (χ1n) is 7.66. The molecule has 0 radical (unpaired) electrons. The standard InChI is InChI=1S/C17H15Cl3IN3O/c1-4-25-14-10(7-11(18)9(3)12(14)21)8(2)17-23-16(20)13-15(19)22-5-6-24(13)17/h5-8H,4H2,1-3H3. The van der Waals surface area contributed by atoms with Crippen LogP contribution in [0.1, 0.15) is 36.7 Å². The Hall–Kier alpha value is -0.760. The summed E-state index contributed by atoms with van der Waals surface area (Å²) < 4.78 is 8.77. The van der Waals surface area contributed by atoms with Crippen molar-refractivity contribution < 1.29 is 4.74 Å². The van der Waals surface area contributed by atoms with Gasteiger partial charge < -0.3 is 4.74 Å². The normalized spacial score (nSPS) is 12.6. The largest absolute Gasteiger partial charge is 0.492 e. The molecule has 132 valence electrons. The van der Waals surface area contributed by atoms with Crippen LogP contribution < -0.4 is 4.74 Å². The monoisotopic (exact) mass is 509 g/mol. The number of ether oxygens (including phenoxy) is 1. The molecule has 4 nitrogen and oxygen atoms in total. The summed E-state index contributed by atoms with van der Waals surface area (Å²) in [4.78, 5) is 8.59. The van der Waals surface area contributed by atoms with E-state index in [1.807, 2.05) is 31.2 Å². The second-order valence-electron chi connectivity index (χ2n) is 5.57. The number of nitrogens with zero attached hydrogens (tertiary/aromatic N) is 3. The fourth-order valence-corrected chi connectivity index (χ4v) is 4.43. The maximum absolute atomic E-state index is 6.43. The Labute approximate surface area is 174 Å². The Bertz CT molecular complexity index is 958. The summed E-state index contributed by atoms with van der Waals surface area (Å²) in [7, 11) is 0. The zero-order valence-corrected chi connectivity index (χ0v) is 18.2. The van der Waals surface area contributed by atoms with Crippen molar-refractivity contribution >= 4 is 62.9 Å². The second kappa shape index (κ2) is 7.47. The molecule has 0 bridgehead atoms. The number of imidazole rings is 1. The first-order valence-corrected chi connectivity index (χ1v) is 9.87. The summed E-state index contributed by atoms with van der Waals surface area (Å²) in [5, 5.41) is 1.34. The van der Waals surface area contributed by atoms with Crippen molar-refractivity contribution in [3.05, 3.63) is 54.3 Å². The van der Waals surface area contributed by atoms with Gasteiger partial charge in [-0.15, -0.1) is 0 Å². The molecule has 2 aromatic heterocycles. The molecular formula is C17H15Cl3IN3O. The zero-order chi connectivity index (χ0) is 18.3. The first-order chi connectivity index (χ1) is 11.9. The molecule has 0 N–H and O–H groups in total. The second-order valence-corrected chi connectivity index (χ2v) is 7.77. The highest BCUT2D eigenvalue weighted by molar-refractivity contribution is 14.1. The Balaban J connectivity index is 2.23. The van der Waals surface area contributed by atoms with E-state index < -0.39 is 0 Å². The van der Waals surface area contributed by atoms with Crippen LogP contribution in [0, 0.1) is 10.5 Å². The third kappa shape index (κ3) is 3.31. The molecule has 0 spiro atoms. The molecule has 1 aromatic carbocycles. The van der Waals surface area contributed by atoms with Crippen molar-refractivity contribution in [2.75, 3.05) is 6.61 Å². The van der Waals surface area contributed by atoms with Crippen molar-refractivity contribution in [1.29, 1.82) is 0 Å². The smallest absolute Gasteiger partial charge is 0.158 e. The van der Waals surface area contributed by atoms with Crippen molar-refractivity contribution in [1.82, 2.24) is 14.4 Å². The van der Waals surface area contributed by atoms with Crippen LogP contribution in [0.25, 0.3) is 5.52 Å². The minimum atomic E-state index is -0.105. The number of benzene rings is 1. The van der Waals surface area contributed by atoms with Crippen LogP contribution in [-0.2, 0) is 0 Å². The molecule has 2 heterocycles. The average Bonchev–Trinajstić information content (AvgIpc) is 2.93. The Morgan fingerprint density at radius 1 is 1.28 bits per heavy atom. The predicted molar refractivity (Wildman–Crippen MR) is 111 cm³/mol. The van der Waals surface area contributed by atoms with Gasteiger partial charge in [0, 0.05) is 28.9 Å². The van der Waals surface area contributed by atoms with Gasteiger partial charge in [0.1, 0.15) is 17.1 Å². The van der Waals surface area contributed by atoms with E-state index in [2.05, 4.69) is 32.6 Å². The van der Waals surface area contributed by atoms with Crippen molar-refractivity contribution in [2.24, 2.45) is 0 Å². The molecule has 3 aromatic rings. The van der Waals surface area contributed by atoms with Crippen LogP contribution in [0.5, 0.6) is 5.75 Å². The van der Waals surface area contributed by atoms with Crippen LogP contribution >= 0.6 is 57.4 Å². The Morgan fingerprint density at radius 3 is 2.68 bits per heavy atom. The van der Waals surface area contributed by atoms with Crippen LogP contribution in [0.15, 0.2) is 18.5 Å². The van der Waals surface area contributed by atoms with E-state index >= 15 is 0 Å². The van der Waals surface area contributed by atoms with Crippen LogP contribution in [0.3, 0.4) is 0 Å². The lowest BCUT2D eigenvalue weighted by Crippen LogP contribution is -2.08. The molecule has 0 aliphatic rings. The third-order valence-electron chi connectivity index (χ3n) is 4.07. The number of aromatic nitrogens is 3. The summed E-state index contributed by atoms with van der Waals surface area (Å²) >= 11 is 21.2. The van der Waals surface area contributed by atoms with E-state index in [1.165, 1.54) is 0 Å². The molecule has 0 saturated carbocycles.